The van der Waals surface area contributed by atoms with Crippen molar-refractivity contribution in [3.8, 4) is 0 Å². The highest BCUT2D eigenvalue weighted by Crippen LogP contribution is 2.20. The minimum absolute atomic E-state index is 0.119. The van der Waals surface area contributed by atoms with Gasteiger partial charge in [0, 0.05) is 11.9 Å². The van der Waals surface area contributed by atoms with Gasteiger partial charge < -0.3 is 11.5 Å². The Morgan fingerprint density at radius 2 is 2.19 bits per heavy atom. The standard InChI is InChI=1S/C10H13N5O/c1-5(2)6-3-4-13-10-7(9(12)16)8(11)14-15(6)10/h3-5H,1-2H3,(H2,11,14)(H2,12,16). The SMILES string of the molecule is CC(C)c1ccnc2c(C(N)=O)c(N)nn12. The van der Waals surface area contributed by atoms with Crippen molar-refractivity contribution in [1.82, 2.24) is 14.6 Å². The number of hydrogen-bond donors (Lipinski definition) is 2. The van der Waals surface area contributed by atoms with Crippen molar-refractivity contribution in [3.05, 3.63) is 23.5 Å². The molecule has 4 N–H and O–H groups in total. The van der Waals surface area contributed by atoms with Crippen LogP contribution in [0.15, 0.2) is 12.3 Å². The summed E-state index contributed by atoms with van der Waals surface area (Å²) in [6.45, 7) is 4.05. The molecule has 0 aromatic carbocycles. The Morgan fingerprint density at radius 1 is 1.50 bits per heavy atom. The first-order valence-corrected chi connectivity index (χ1v) is 4.95. The zero-order valence-corrected chi connectivity index (χ0v) is 9.14. The summed E-state index contributed by atoms with van der Waals surface area (Å²) in [6, 6.07) is 1.84. The molecule has 0 saturated carbocycles. The number of rotatable bonds is 2. The number of amides is 1. The topological polar surface area (TPSA) is 99.3 Å². The van der Waals surface area contributed by atoms with Crippen molar-refractivity contribution in [2.24, 2.45) is 5.73 Å². The predicted octanol–water partition coefficient (Wildman–Crippen LogP) is 0.534. The third-order valence-electron chi connectivity index (χ3n) is 2.41. The third-order valence-corrected chi connectivity index (χ3v) is 2.41. The van der Waals surface area contributed by atoms with Crippen LogP contribution in [0.4, 0.5) is 5.82 Å². The van der Waals surface area contributed by atoms with Crippen LogP contribution in [0.5, 0.6) is 0 Å². The monoisotopic (exact) mass is 219 g/mol. The van der Waals surface area contributed by atoms with Crippen LogP contribution < -0.4 is 11.5 Å². The fourth-order valence-corrected chi connectivity index (χ4v) is 1.65. The van der Waals surface area contributed by atoms with Gasteiger partial charge in [-0.25, -0.2) is 9.50 Å². The molecule has 0 bridgehead atoms. The molecule has 0 aliphatic rings. The van der Waals surface area contributed by atoms with Gasteiger partial charge in [0.05, 0.1) is 0 Å². The van der Waals surface area contributed by atoms with E-state index in [1.807, 2.05) is 19.9 Å². The highest BCUT2D eigenvalue weighted by Gasteiger charge is 2.18. The first-order chi connectivity index (χ1) is 7.52. The molecule has 16 heavy (non-hydrogen) atoms. The molecule has 2 aromatic heterocycles. The van der Waals surface area contributed by atoms with Gasteiger partial charge in [0.15, 0.2) is 11.5 Å². The van der Waals surface area contributed by atoms with E-state index in [1.54, 1.807) is 10.7 Å². The first-order valence-electron chi connectivity index (χ1n) is 4.95. The molecule has 0 saturated heterocycles. The van der Waals surface area contributed by atoms with Crippen molar-refractivity contribution in [2.45, 2.75) is 19.8 Å². The Hall–Kier alpha value is -2.11. The maximum absolute atomic E-state index is 11.2. The van der Waals surface area contributed by atoms with E-state index in [1.165, 1.54) is 0 Å². The van der Waals surface area contributed by atoms with Crippen LogP contribution in [0.25, 0.3) is 5.65 Å². The maximum atomic E-state index is 11.2. The van der Waals surface area contributed by atoms with Gasteiger partial charge in [-0.3, -0.25) is 4.79 Å². The summed E-state index contributed by atoms with van der Waals surface area (Å²) in [4.78, 5) is 15.3. The lowest BCUT2D eigenvalue weighted by molar-refractivity contribution is 0.100. The number of primary amides is 1. The lowest BCUT2D eigenvalue weighted by Gasteiger charge is -2.06. The molecule has 84 valence electrons. The number of hydrogen-bond acceptors (Lipinski definition) is 4. The second-order valence-corrected chi connectivity index (χ2v) is 3.88. The van der Waals surface area contributed by atoms with Crippen molar-refractivity contribution in [3.63, 3.8) is 0 Å². The number of nitrogens with two attached hydrogens (primary N) is 2. The molecule has 6 nitrogen and oxygen atoms in total. The van der Waals surface area contributed by atoms with Gasteiger partial charge in [0.25, 0.3) is 5.91 Å². The van der Waals surface area contributed by atoms with Gasteiger partial charge in [-0.1, -0.05) is 13.8 Å². The molecular formula is C10H13N5O. The van der Waals surface area contributed by atoms with E-state index < -0.39 is 5.91 Å². The van der Waals surface area contributed by atoms with E-state index in [2.05, 4.69) is 10.1 Å². The van der Waals surface area contributed by atoms with Crippen molar-refractivity contribution in [2.75, 3.05) is 5.73 Å². The van der Waals surface area contributed by atoms with Gasteiger partial charge >= 0.3 is 0 Å². The largest absolute Gasteiger partial charge is 0.381 e. The highest BCUT2D eigenvalue weighted by atomic mass is 16.1. The normalized spacial score (nSPS) is 11.2. The number of fused-ring (bicyclic) bond motifs is 1. The number of nitrogen functional groups attached to an aromatic ring is 1. The predicted molar refractivity (Wildman–Crippen MR) is 60.0 cm³/mol. The Balaban J connectivity index is 2.83. The molecule has 0 aliphatic heterocycles. The van der Waals surface area contributed by atoms with Crippen molar-refractivity contribution in [1.29, 1.82) is 0 Å². The fourth-order valence-electron chi connectivity index (χ4n) is 1.65. The Morgan fingerprint density at radius 3 is 2.75 bits per heavy atom. The van der Waals surface area contributed by atoms with Gasteiger partial charge in [-0.2, -0.15) is 0 Å². The van der Waals surface area contributed by atoms with Gasteiger partial charge in [-0.05, 0) is 12.0 Å². The number of aromatic nitrogens is 3. The Kier molecular flexibility index (Phi) is 2.26. The highest BCUT2D eigenvalue weighted by molar-refractivity contribution is 6.03. The zero-order valence-electron chi connectivity index (χ0n) is 9.14. The lowest BCUT2D eigenvalue weighted by atomic mass is 10.1. The second kappa shape index (κ2) is 3.48. The smallest absolute Gasteiger partial charge is 0.256 e. The molecule has 0 atom stereocenters. The van der Waals surface area contributed by atoms with Crippen molar-refractivity contribution >= 4 is 17.4 Å². The fraction of sp³-hybridized carbons (Fsp3) is 0.300. The van der Waals surface area contributed by atoms with E-state index in [0.717, 1.165) is 5.69 Å². The summed E-state index contributed by atoms with van der Waals surface area (Å²) >= 11 is 0. The van der Waals surface area contributed by atoms with Crippen LogP contribution in [-0.4, -0.2) is 20.5 Å². The summed E-state index contributed by atoms with van der Waals surface area (Å²) in [6.07, 6.45) is 1.62. The molecular weight excluding hydrogens is 206 g/mol. The summed E-state index contributed by atoms with van der Waals surface area (Å²) in [5, 5.41) is 4.09. The quantitative estimate of drug-likeness (QED) is 0.769. The van der Waals surface area contributed by atoms with Crippen LogP contribution in [0.2, 0.25) is 0 Å². The third kappa shape index (κ3) is 1.39. The maximum Gasteiger partial charge on any atom is 0.256 e. The second-order valence-electron chi connectivity index (χ2n) is 3.88. The van der Waals surface area contributed by atoms with E-state index in [9.17, 15) is 4.79 Å². The van der Waals surface area contributed by atoms with Gasteiger partial charge in [0.1, 0.15) is 5.56 Å². The summed E-state index contributed by atoms with van der Waals surface area (Å²) in [7, 11) is 0. The van der Waals surface area contributed by atoms with Gasteiger partial charge in [-0.15, -0.1) is 5.10 Å². The summed E-state index contributed by atoms with van der Waals surface area (Å²) in [5.74, 6) is -0.237. The van der Waals surface area contributed by atoms with Crippen molar-refractivity contribution < 1.29 is 4.79 Å². The molecule has 0 fully saturated rings. The Labute approximate surface area is 92.3 Å². The first kappa shape index (κ1) is 10.4. The van der Waals surface area contributed by atoms with Crippen LogP contribution in [0.1, 0.15) is 35.8 Å². The zero-order chi connectivity index (χ0) is 11.9. The molecule has 2 rings (SSSR count). The average molecular weight is 219 g/mol. The van der Waals surface area contributed by atoms with Crippen LogP contribution >= 0.6 is 0 Å². The minimum atomic E-state index is -0.610. The summed E-state index contributed by atoms with van der Waals surface area (Å²) in [5.41, 5.74) is 12.4. The van der Waals surface area contributed by atoms with E-state index in [0.29, 0.717) is 5.65 Å². The number of carbonyl (C=O) groups is 1. The molecule has 0 aliphatic carbocycles. The molecule has 6 heteroatoms. The molecule has 1 amide bonds. The number of carbonyl (C=O) groups excluding carboxylic acids is 1. The molecule has 0 radical (unpaired) electrons. The molecule has 2 heterocycles. The lowest BCUT2D eigenvalue weighted by Crippen LogP contribution is -2.13. The number of nitrogens with zero attached hydrogens (tertiary/aromatic N) is 3. The van der Waals surface area contributed by atoms with Gasteiger partial charge in [0.2, 0.25) is 0 Å². The summed E-state index contributed by atoms with van der Waals surface area (Å²) < 4.78 is 1.57. The average Bonchev–Trinajstić information content (AvgIpc) is 2.52. The molecule has 2 aromatic rings. The van der Waals surface area contributed by atoms with E-state index >= 15 is 0 Å². The molecule has 0 spiro atoms. The van der Waals surface area contributed by atoms with Crippen LogP contribution in [-0.2, 0) is 0 Å². The Bertz CT molecular complexity index is 558. The van der Waals surface area contributed by atoms with Crippen LogP contribution in [0, 0.1) is 0 Å². The number of anilines is 1. The van der Waals surface area contributed by atoms with E-state index in [4.69, 9.17) is 11.5 Å². The minimum Gasteiger partial charge on any atom is -0.381 e. The van der Waals surface area contributed by atoms with Crippen LogP contribution in [0.3, 0.4) is 0 Å². The van der Waals surface area contributed by atoms with E-state index in [-0.39, 0.29) is 17.3 Å². The molecule has 0 unspecified atom stereocenters.